The number of benzene rings is 2. The summed E-state index contributed by atoms with van der Waals surface area (Å²) >= 11 is 5.96. The minimum absolute atomic E-state index is 0.174. The number of amides is 2. The Morgan fingerprint density at radius 1 is 1.07 bits per heavy atom. The van der Waals surface area contributed by atoms with Gasteiger partial charge in [-0.2, -0.15) is 0 Å². The number of hydrogen-bond acceptors (Lipinski definition) is 4. The fourth-order valence-corrected chi connectivity index (χ4v) is 2.93. The second-order valence-electron chi connectivity index (χ2n) is 6.93. The Bertz CT molecular complexity index is 809. The number of methoxy groups -OCH3 is 1. The van der Waals surface area contributed by atoms with Crippen LogP contribution in [0.15, 0.2) is 48.5 Å². The molecule has 0 aliphatic carbocycles. The first-order valence-electron chi connectivity index (χ1n) is 10.0. The fraction of sp³-hybridized carbons (Fsp3) is 0.391. The van der Waals surface area contributed by atoms with E-state index in [-0.39, 0.29) is 25.0 Å². The molecule has 0 radical (unpaired) electrons. The SMILES string of the molecule is CCCCNC(=O)[C@@H](C)N(Cc1ccc(Cl)cc1)C(=O)COc1ccc(OC)cc1. The number of ether oxygens (including phenoxy) is 2. The van der Waals surface area contributed by atoms with Gasteiger partial charge in [0.15, 0.2) is 6.61 Å². The van der Waals surface area contributed by atoms with Crippen LogP contribution in [0.3, 0.4) is 0 Å². The largest absolute Gasteiger partial charge is 0.497 e. The van der Waals surface area contributed by atoms with Crippen molar-refractivity contribution in [2.24, 2.45) is 0 Å². The quantitative estimate of drug-likeness (QED) is 0.544. The van der Waals surface area contributed by atoms with Crippen molar-refractivity contribution in [1.82, 2.24) is 10.2 Å². The van der Waals surface area contributed by atoms with Crippen molar-refractivity contribution in [3.63, 3.8) is 0 Å². The van der Waals surface area contributed by atoms with Crippen LogP contribution in [0.1, 0.15) is 32.3 Å². The number of carbonyl (C=O) groups is 2. The summed E-state index contributed by atoms with van der Waals surface area (Å²) < 4.78 is 10.8. The van der Waals surface area contributed by atoms with E-state index in [1.54, 1.807) is 50.4 Å². The number of rotatable bonds is 11. The maximum Gasteiger partial charge on any atom is 0.261 e. The summed E-state index contributed by atoms with van der Waals surface area (Å²) in [4.78, 5) is 27.1. The van der Waals surface area contributed by atoms with Crippen molar-refractivity contribution < 1.29 is 19.1 Å². The number of unbranched alkanes of at least 4 members (excludes halogenated alkanes) is 1. The monoisotopic (exact) mass is 432 g/mol. The van der Waals surface area contributed by atoms with E-state index >= 15 is 0 Å². The van der Waals surface area contributed by atoms with E-state index < -0.39 is 6.04 Å². The molecule has 0 aliphatic heterocycles. The molecule has 0 bridgehead atoms. The van der Waals surface area contributed by atoms with Gasteiger partial charge in [-0.15, -0.1) is 0 Å². The molecule has 7 heteroatoms. The van der Waals surface area contributed by atoms with Gasteiger partial charge >= 0.3 is 0 Å². The summed E-state index contributed by atoms with van der Waals surface area (Å²) in [5.74, 6) is 0.792. The van der Waals surface area contributed by atoms with Crippen molar-refractivity contribution in [3.05, 3.63) is 59.1 Å². The third-order valence-corrected chi connectivity index (χ3v) is 4.94. The number of carbonyl (C=O) groups excluding carboxylic acids is 2. The van der Waals surface area contributed by atoms with Crippen molar-refractivity contribution in [3.8, 4) is 11.5 Å². The lowest BCUT2D eigenvalue weighted by atomic mass is 10.1. The maximum absolute atomic E-state index is 13.0. The first-order valence-corrected chi connectivity index (χ1v) is 10.4. The lowest BCUT2D eigenvalue weighted by molar-refractivity contribution is -0.142. The van der Waals surface area contributed by atoms with Crippen molar-refractivity contribution in [1.29, 1.82) is 0 Å². The third-order valence-electron chi connectivity index (χ3n) is 4.68. The van der Waals surface area contributed by atoms with Gasteiger partial charge in [-0.3, -0.25) is 9.59 Å². The second kappa shape index (κ2) is 12.1. The van der Waals surface area contributed by atoms with Crippen LogP contribution in [0.25, 0.3) is 0 Å². The van der Waals surface area contributed by atoms with Crippen LogP contribution in [0.2, 0.25) is 5.02 Å². The standard InChI is InChI=1S/C23H29ClN2O4/c1-4-5-14-25-23(28)17(2)26(15-18-6-8-19(24)9-7-18)22(27)16-30-21-12-10-20(29-3)11-13-21/h6-13,17H,4-5,14-16H2,1-3H3,(H,25,28)/t17-/m1/s1. The van der Waals surface area contributed by atoms with Crippen LogP contribution < -0.4 is 14.8 Å². The Hall–Kier alpha value is -2.73. The summed E-state index contributed by atoms with van der Waals surface area (Å²) in [5.41, 5.74) is 0.880. The summed E-state index contributed by atoms with van der Waals surface area (Å²) in [6, 6.07) is 13.6. The zero-order chi connectivity index (χ0) is 21.9. The first-order chi connectivity index (χ1) is 14.4. The molecule has 0 saturated carbocycles. The molecular formula is C23H29ClN2O4. The highest BCUT2D eigenvalue weighted by Gasteiger charge is 2.26. The van der Waals surface area contributed by atoms with Crippen LogP contribution >= 0.6 is 11.6 Å². The van der Waals surface area contributed by atoms with Crippen LogP contribution in [0.4, 0.5) is 0 Å². The molecule has 6 nitrogen and oxygen atoms in total. The molecule has 2 rings (SSSR count). The lowest BCUT2D eigenvalue weighted by Crippen LogP contribution is -2.49. The highest BCUT2D eigenvalue weighted by atomic mass is 35.5. The van der Waals surface area contributed by atoms with Crippen molar-refractivity contribution in [2.45, 2.75) is 39.3 Å². The van der Waals surface area contributed by atoms with Crippen molar-refractivity contribution >= 4 is 23.4 Å². The van der Waals surface area contributed by atoms with Crippen LogP contribution in [0, 0.1) is 0 Å². The van der Waals surface area contributed by atoms with Gasteiger partial charge in [-0.05, 0) is 55.3 Å². The summed E-state index contributed by atoms with van der Waals surface area (Å²) in [5, 5.41) is 3.51. The Labute approximate surface area is 183 Å². The number of nitrogens with one attached hydrogen (secondary N) is 1. The number of halogens is 1. The van der Waals surface area contributed by atoms with Gasteiger partial charge in [-0.1, -0.05) is 37.1 Å². The van der Waals surface area contributed by atoms with E-state index in [9.17, 15) is 9.59 Å². The van der Waals surface area contributed by atoms with Crippen LogP contribution in [-0.4, -0.2) is 43.0 Å². The van der Waals surface area contributed by atoms with E-state index in [1.165, 1.54) is 4.90 Å². The van der Waals surface area contributed by atoms with Crippen LogP contribution in [0.5, 0.6) is 11.5 Å². The van der Waals surface area contributed by atoms with Gasteiger partial charge in [0.2, 0.25) is 5.91 Å². The molecule has 0 heterocycles. The highest BCUT2D eigenvalue weighted by Crippen LogP contribution is 2.18. The maximum atomic E-state index is 13.0. The molecule has 0 fully saturated rings. The van der Waals surface area contributed by atoms with Crippen LogP contribution in [-0.2, 0) is 16.1 Å². The Morgan fingerprint density at radius 2 is 1.70 bits per heavy atom. The van der Waals surface area contributed by atoms with E-state index in [4.69, 9.17) is 21.1 Å². The zero-order valence-corrected chi connectivity index (χ0v) is 18.4. The van der Waals surface area contributed by atoms with Gasteiger partial charge in [0.25, 0.3) is 5.91 Å². The minimum Gasteiger partial charge on any atom is -0.497 e. The van der Waals surface area contributed by atoms with Gasteiger partial charge in [0, 0.05) is 18.1 Å². The molecular weight excluding hydrogens is 404 g/mol. The molecule has 0 saturated heterocycles. The topological polar surface area (TPSA) is 67.9 Å². The predicted molar refractivity (Wildman–Crippen MR) is 118 cm³/mol. The molecule has 2 amide bonds. The Morgan fingerprint density at radius 3 is 2.30 bits per heavy atom. The normalized spacial score (nSPS) is 11.5. The van der Waals surface area contributed by atoms with Gasteiger partial charge in [0.1, 0.15) is 17.5 Å². The van der Waals surface area contributed by atoms with E-state index in [0.29, 0.717) is 23.1 Å². The average molecular weight is 433 g/mol. The summed E-state index contributed by atoms with van der Waals surface area (Å²) in [7, 11) is 1.58. The van der Waals surface area contributed by atoms with Gasteiger partial charge < -0.3 is 19.7 Å². The molecule has 2 aromatic carbocycles. The lowest BCUT2D eigenvalue weighted by Gasteiger charge is -2.28. The van der Waals surface area contributed by atoms with Crippen molar-refractivity contribution in [2.75, 3.05) is 20.3 Å². The molecule has 162 valence electrons. The number of hydrogen-bond donors (Lipinski definition) is 1. The molecule has 1 atom stereocenters. The van der Waals surface area contributed by atoms with E-state index in [1.807, 2.05) is 12.1 Å². The summed E-state index contributed by atoms with van der Waals surface area (Å²) in [6.07, 6.45) is 1.88. The molecule has 0 unspecified atom stereocenters. The predicted octanol–water partition coefficient (Wildman–Crippen LogP) is 4.06. The Balaban J connectivity index is 2.08. The van der Waals surface area contributed by atoms with E-state index in [2.05, 4.69) is 12.2 Å². The molecule has 0 spiro atoms. The van der Waals surface area contributed by atoms with Gasteiger partial charge in [-0.25, -0.2) is 0 Å². The molecule has 0 aromatic heterocycles. The third kappa shape index (κ3) is 7.26. The highest BCUT2D eigenvalue weighted by molar-refractivity contribution is 6.30. The molecule has 1 N–H and O–H groups in total. The van der Waals surface area contributed by atoms with Gasteiger partial charge in [0.05, 0.1) is 7.11 Å². The average Bonchev–Trinajstić information content (AvgIpc) is 2.77. The second-order valence-corrected chi connectivity index (χ2v) is 7.37. The smallest absolute Gasteiger partial charge is 0.261 e. The molecule has 0 aliphatic rings. The zero-order valence-electron chi connectivity index (χ0n) is 17.7. The van der Waals surface area contributed by atoms with E-state index in [0.717, 1.165) is 18.4 Å². The number of nitrogens with zero attached hydrogens (tertiary/aromatic N) is 1. The summed E-state index contributed by atoms with van der Waals surface area (Å²) in [6.45, 7) is 4.48. The molecule has 30 heavy (non-hydrogen) atoms. The fourth-order valence-electron chi connectivity index (χ4n) is 2.81. The first kappa shape index (κ1) is 23.5. The minimum atomic E-state index is -0.635. The molecule has 2 aromatic rings. The Kier molecular flexibility index (Phi) is 9.48.